The Morgan fingerprint density at radius 2 is 1.81 bits per heavy atom. The number of nitrogens with one attached hydrogen (secondary N) is 1. The molecule has 0 saturated carbocycles. The minimum absolute atomic E-state index is 0.175. The van der Waals surface area contributed by atoms with Crippen LogP contribution in [0.3, 0.4) is 0 Å². The fourth-order valence-electron chi connectivity index (χ4n) is 2.76. The number of nitrogens with zero attached hydrogens (tertiary/aromatic N) is 1. The molecule has 3 rings (SSSR count). The number of aromatic nitrogens is 1. The molecule has 0 aliphatic heterocycles. The van der Waals surface area contributed by atoms with Crippen molar-refractivity contribution < 1.29 is 0 Å². The predicted molar refractivity (Wildman–Crippen MR) is 88.4 cm³/mol. The van der Waals surface area contributed by atoms with E-state index in [-0.39, 0.29) is 6.04 Å². The van der Waals surface area contributed by atoms with E-state index in [4.69, 9.17) is 0 Å². The van der Waals surface area contributed by atoms with Crippen molar-refractivity contribution in [3.63, 3.8) is 0 Å². The van der Waals surface area contributed by atoms with E-state index in [2.05, 4.69) is 71.8 Å². The van der Waals surface area contributed by atoms with Gasteiger partial charge in [-0.15, -0.1) is 0 Å². The van der Waals surface area contributed by atoms with E-state index < -0.39 is 0 Å². The van der Waals surface area contributed by atoms with Crippen molar-refractivity contribution in [3.8, 4) is 0 Å². The van der Waals surface area contributed by atoms with E-state index in [9.17, 15) is 0 Å². The molecule has 0 amide bonds. The molecule has 2 heteroatoms. The molecular weight excluding hydrogens is 256 g/mol. The first-order chi connectivity index (χ1) is 10.3. The lowest BCUT2D eigenvalue weighted by Gasteiger charge is -2.20. The highest BCUT2D eigenvalue weighted by Gasteiger charge is 2.15. The second-order valence-electron chi connectivity index (χ2n) is 5.29. The Morgan fingerprint density at radius 3 is 2.57 bits per heavy atom. The first kappa shape index (κ1) is 13.8. The first-order valence-corrected chi connectivity index (χ1v) is 7.43. The van der Waals surface area contributed by atoms with Crippen LogP contribution in [-0.2, 0) is 0 Å². The van der Waals surface area contributed by atoms with Gasteiger partial charge in [0.2, 0.25) is 0 Å². The highest BCUT2D eigenvalue weighted by atomic mass is 14.9. The highest BCUT2D eigenvalue weighted by molar-refractivity contribution is 5.86. The van der Waals surface area contributed by atoms with Gasteiger partial charge in [0.25, 0.3) is 0 Å². The van der Waals surface area contributed by atoms with Gasteiger partial charge in [0.15, 0.2) is 0 Å². The van der Waals surface area contributed by atoms with Gasteiger partial charge in [-0.05, 0) is 41.4 Å². The molecular formula is C19H20N2. The lowest BCUT2D eigenvalue weighted by Crippen LogP contribution is -2.22. The smallest absolute Gasteiger partial charge is 0.0598 e. The molecule has 0 spiro atoms. The van der Waals surface area contributed by atoms with Crippen LogP contribution < -0.4 is 5.32 Å². The third-order valence-electron chi connectivity index (χ3n) is 3.81. The van der Waals surface area contributed by atoms with E-state index in [1.54, 1.807) is 0 Å². The summed E-state index contributed by atoms with van der Waals surface area (Å²) in [6, 6.07) is 19.4. The summed E-state index contributed by atoms with van der Waals surface area (Å²) in [5, 5.41) is 6.16. The topological polar surface area (TPSA) is 24.9 Å². The summed E-state index contributed by atoms with van der Waals surface area (Å²) in [6.45, 7) is 5.07. The number of aryl methyl sites for hydroxylation is 1. The normalized spacial score (nSPS) is 12.5. The van der Waals surface area contributed by atoms with Gasteiger partial charge in [-0.3, -0.25) is 4.98 Å². The molecule has 1 heterocycles. The van der Waals surface area contributed by atoms with Crippen LogP contribution in [0.25, 0.3) is 10.8 Å². The second kappa shape index (κ2) is 6.06. The molecule has 0 saturated heterocycles. The van der Waals surface area contributed by atoms with Crippen molar-refractivity contribution in [3.05, 3.63) is 77.6 Å². The Bertz CT molecular complexity index is 727. The van der Waals surface area contributed by atoms with Crippen LogP contribution >= 0.6 is 0 Å². The van der Waals surface area contributed by atoms with E-state index in [0.29, 0.717) is 0 Å². The summed E-state index contributed by atoms with van der Waals surface area (Å²) in [7, 11) is 0. The average Bonchev–Trinajstić information content (AvgIpc) is 2.53. The monoisotopic (exact) mass is 276 g/mol. The number of hydrogen-bond donors (Lipinski definition) is 1. The van der Waals surface area contributed by atoms with Crippen LogP contribution in [0.5, 0.6) is 0 Å². The molecule has 3 aromatic rings. The Kier molecular flexibility index (Phi) is 3.98. The molecule has 21 heavy (non-hydrogen) atoms. The van der Waals surface area contributed by atoms with Crippen molar-refractivity contribution in [2.24, 2.45) is 0 Å². The Morgan fingerprint density at radius 1 is 1.00 bits per heavy atom. The van der Waals surface area contributed by atoms with Crippen LogP contribution in [0.1, 0.15) is 29.8 Å². The maximum Gasteiger partial charge on any atom is 0.0598 e. The number of benzene rings is 2. The number of fused-ring (bicyclic) bond motifs is 1. The summed E-state index contributed by atoms with van der Waals surface area (Å²) < 4.78 is 0. The largest absolute Gasteiger partial charge is 0.306 e. The summed E-state index contributed by atoms with van der Waals surface area (Å²) in [6.07, 6.45) is 1.98. The quantitative estimate of drug-likeness (QED) is 0.771. The highest BCUT2D eigenvalue weighted by Crippen LogP contribution is 2.28. The van der Waals surface area contributed by atoms with Crippen LogP contribution in [0.4, 0.5) is 0 Å². The standard InChI is InChI=1S/C19H20N2/c1-3-20-19(16-12-11-14(2)21-13-16)18-10-6-8-15-7-4-5-9-17(15)18/h4-13,19-20H,3H2,1-2H3. The minimum Gasteiger partial charge on any atom is -0.306 e. The lowest BCUT2D eigenvalue weighted by molar-refractivity contribution is 0.632. The molecule has 1 N–H and O–H groups in total. The van der Waals surface area contributed by atoms with Crippen molar-refractivity contribution in [2.75, 3.05) is 6.54 Å². The maximum atomic E-state index is 4.45. The maximum absolute atomic E-state index is 4.45. The molecule has 1 atom stereocenters. The Labute approximate surface area is 125 Å². The molecule has 2 nitrogen and oxygen atoms in total. The van der Waals surface area contributed by atoms with E-state index >= 15 is 0 Å². The fourth-order valence-corrected chi connectivity index (χ4v) is 2.76. The molecule has 1 aromatic heterocycles. The zero-order valence-corrected chi connectivity index (χ0v) is 12.5. The predicted octanol–water partition coefficient (Wildman–Crippen LogP) is 4.24. The van der Waals surface area contributed by atoms with Crippen molar-refractivity contribution in [2.45, 2.75) is 19.9 Å². The number of hydrogen-bond acceptors (Lipinski definition) is 2. The van der Waals surface area contributed by atoms with Crippen LogP contribution in [0.15, 0.2) is 60.8 Å². The zero-order chi connectivity index (χ0) is 14.7. The van der Waals surface area contributed by atoms with Crippen molar-refractivity contribution in [1.29, 1.82) is 0 Å². The van der Waals surface area contributed by atoms with Gasteiger partial charge in [0, 0.05) is 11.9 Å². The SMILES string of the molecule is CCNC(c1ccc(C)nc1)c1cccc2ccccc12. The number of pyridine rings is 1. The van der Waals surface area contributed by atoms with Crippen molar-refractivity contribution in [1.82, 2.24) is 10.3 Å². The fraction of sp³-hybridized carbons (Fsp3) is 0.211. The zero-order valence-electron chi connectivity index (χ0n) is 12.5. The van der Waals surface area contributed by atoms with Gasteiger partial charge in [-0.25, -0.2) is 0 Å². The molecule has 2 aromatic carbocycles. The summed E-state index contributed by atoms with van der Waals surface area (Å²) in [4.78, 5) is 4.45. The molecule has 0 bridgehead atoms. The van der Waals surface area contributed by atoms with Gasteiger partial charge < -0.3 is 5.32 Å². The van der Waals surface area contributed by atoms with Gasteiger partial charge in [-0.1, -0.05) is 55.5 Å². The van der Waals surface area contributed by atoms with Gasteiger partial charge in [-0.2, -0.15) is 0 Å². The second-order valence-corrected chi connectivity index (χ2v) is 5.29. The van der Waals surface area contributed by atoms with E-state index in [1.807, 2.05) is 13.1 Å². The Balaban J connectivity index is 2.13. The average molecular weight is 276 g/mol. The number of rotatable bonds is 4. The summed E-state index contributed by atoms with van der Waals surface area (Å²) >= 11 is 0. The van der Waals surface area contributed by atoms with Crippen LogP contribution in [0.2, 0.25) is 0 Å². The molecule has 106 valence electrons. The molecule has 1 unspecified atom stereocenters. The van der Waals surface area contributed by atoms with Gasteiger partial charge in [0.1, 0.15) is 0 Å². The van der Waals surface area contributed by atoms with Crippen LogP contribution in [-0.4, -0.2) is 11.5 Å². The van der Waals surface area contributed by atoms with Crippen molar-refractivity contribution >= 4 is 10.8 Å². The molecule has 0 aliphatic carbocycles. The van der Waals surface area contributed by atoms with Gasteiger partial charge >= 0.3 is 0 Å². The minimum atomic E-state index is 0.175. The van der Waals surface area contributed by atoms with E-state index in [0.717, 1.165) is 12.2 Å². The molecule has 0 fully saturated rings. The third-order valence-corrected chi connectivity index (χ3v) is 3.81. The van der Waals surface area contributed by atoms with Gasteiger partial charge in [0.05, 0.1) is 6.04 Å². The summed E-state index contributed by atoms with van der Waals surface area (Å²) in [5.41, 5.74) is 3.56. The lowest BCUT2D eigenvalue weighted by atomic mass is 9.94. The van der Waals surface area contributed by atoms with Crippen LogP contribution in [0, 0.1) is 6.92 Å². The van der Waals surface area contributed by atoms with E-state index in [1.165, 1.54) is 21.9 Å². The first-order valence-electron chi connectivity index (χ1n) is 7.43. The summed E-state index contributed by atoms with van der Waals surface area (Å²) in [5.74, 6) is 0. The third kappa shape index (κ3) is 2.81. The molecule has 0 aliphatic rings. The Hall–Kier alpha value is -2.19. The molecule has 0 radical (unpaired) electrons.